The van der Waals surface area contributed by atoms with Crippen LogP contribution in [0.3, 0.4) is 0 Å². The average Bonchev–Trinajstić information content (AvgIpc) is 2.87. The fourth-order valence-corrected chi connectivity index (χ4v) is 3.00. The molecule has 0 amide bonds. The molecular formula is C16H28N4. The third-order valence-corrected chi connectivity index (χ3v) is 3.88. The van der Waals surface area contributed by atoms with E-state index in [1.807, 2.05) is 12.4 Å². The molecule has 0 aliphatic carbocycles. The van der Waals surface area contributed by atoms with Gasteiger partial charge in [0.1, 0.15) is 0 Å². The van der Waals surface area contributed by atoms with E-state index in [4.69, 9.17) is 0 Å². The van der Waals surface area contributed by atoms with E-state index in [9.17, 15) is 0 Å². The first-order valence-electron chi connectivity index (χ1n) is 7.77. The van der Waals surface area contributed by atoms with Crippen molar-refractivity contribution in [1.29, 1.82) is 0 Å². The fraction of sp³-hybridized carbons (Fsp3) is 0.688. The Balaban J connectivity index is 2.10. The van der Waals surface area contributed by atoms with E-state index >= 15 is 0 Å². The third-order valence-electron chi connectivity index (χ3n) is 3.88. The zero-order chi connectivity index (χ0) is 14.4. The van der Waals surface area contributed by atoms with Gasteiger partial charge in [0.15, 0.2) is 0 Å². The van der Waals surface area contributed by atoms with Crippen LogP contribution in [-0.4, -0.2) is 49.7 Å². The molecule has 1 fully saturated rings. The van der Waals surface area contributed by atoms with Crippen molar-refractivity contribution < 1.29 is 0 Å². The van der Waals surface area contributed by atoms with Crippen LogP contribution in [-0.2, 0) is 6.54 Å². The van der Waals surface area contributed by atoms with Crippen molar-refractivity contribution in [2.24, 2.45) is 0 Å². The second-order valence-corrected chi connectivity index (χ2v) is 5.93. The Labute approximate surface area is 123 Å². The van der Waals surface area contributed by atoms with Gasteiger partial charge in [0.25, 0.3) is 0 Å². The van der Waals surface area contributed by atoms with Gasteiger partial charge in [0.05, 0.1) is 0 Å². The summed E-state index contributed by atoms with van der Waals surface area (Å²) in [6.45, 7) is 6.48. The predicted octanol–water partition coefficient (Wildman–Crippen LogP) is 2.11. The lowest BCUT2D eigenvalue weighted by Gasteiger charge is -2.30. The van der Waals surface area contributed by atoms with Gasteiger partial charge in [-0.2, -0.15) is 0 Å². The van der Waals surface area contributed by atoms with Crippen molar-refractivity contribution in [2.45, 2.75) is 38.8 Å². The topological polar surface area (TPSA) is 31.4 Å². The molecule has 0 saturated carbocycles. The van der Waals surface area contributed by atoms with E-state index in [2.05, 4.69) is 47.2 Å². The third kappa shape index (κ3) is 3.93. The van der Waals surface area contributed by atoms with Crippen molar-refractivity contribution in [2.75, 3.05) is 38.6 Å². The number of likely N-dealkylation sites (N-methyl/N-ethyl adjacent to an activating group) is 1. The van der Waals surface area contributed by atoms with Gasteiger partial charge in [0, 0.05) is 49.3 Å². The second kappa shape index (κ2) is 7.60. The molecule has 0 aromatic carbocycles. The number of rotatable bonds is 7. The molecule has 4 nitrogen and oxygen atoms in total. The highest BCUT2D eigenvalue weighted by Gasteiger charge is 2.26. The molecule has 2 heterocycles. The lowest BCUT2D eigenvalue weighted by Crippen LogP contribution is -2.38. The minimum Gasteiger partial charge on any atom is -0.367 e. The normalized spacial score (nSPS) is 19.0. The van der Waals surface area contributed by atoms with Gasteiger partial charge < -0.3 is 15.1 Å². The molecule has 4 heteroatoms. The number of pyridine rings is 1. The molecule has 1 unspecified atom stereocenters. The van der Waals surface area contributed by atoms with Crippen LogP contribution < -0.4 is 10.2 Å². The van der Waals surface area contributed by atoms with Crippen LogP contribution in [0.2, 0.25) is 0 Å². The monoisotopic (exact) mass is 276 g/mol. The van der Waals surface area contributed by atoms with E-state index < -0.39 is 0 Å². The second-order valence-electron chi connectivity index (χ2n) is 5.93. The minimum absolute atomic E-state index is 0.636. The van der Waals surface area contributed by atoms with Crippen molar-refractivity contribution >= 4 is 5.69 Å². The highest BCUT2D eigenvalue weighted by molar-refractivity contribution is 5.54. The number of aromatic nitrogens is 1. The Morgan fingerprint density at radius 2 is 2.30 bits per heavy atom. The minimum atomic E-state index is 0.636. The smallest absolute Gasteiger partial charge is 0.0445 e. The Kier molecular flexibility index (Phi) is 5.80. The van der Waals surface area contributed by atoms with Gasteiger partial charge in [-0.15, -0.1) is 0 Å². The van der Waals surface area contributed by atoms with Gasteiger partial charge in [-0.1, -0.05) is 6.92 Å². The molecule has 1 aliphatic rings. The van der Waals surface area contributed by atoms with Crippen LogP contribution >= 0.6 is 0 Å². The van der Waals surface area contributed by atoms with E-state index in [1.54, 1.807) is 0 Å². The number of hydrogen-bond donors (Lipinski definition) is 1. The van der Waals surface area contributed by atoms with Gasteiger partial charge in [-0.25, -0.2) is 0 Å². The van der Waals surface area contributed by atoms with Gasteiger partial charge >= 0.3 is 0 Å². The maximum absolute atomic E-state index is 4.30. The average molecular weight is 276 g/mol. The summed E-state index contributed by atoms with van der Waals surface area (Å²) in [6.07, 6.45) is 7.69. The van der Waals surface area contributed by atoms with Crippen LogP contribution in [0.1, 0.15) is 31.7 Å². The molecule has 1 aromatic heterocycles. The highest BCUT2D eigenvalue weighted by Crippen LogP contribution is 2.28. The van der Waals surface area contributed by atoms with Crippen molar-refractivity contribution in [3.05, 3.63) is 24.0 Å². The van der Waals surface area contributed by atoms with Gasteiger partial charge in [-0.3, -0.25) is 4.98 Å². The van der Waals surface area contributed by atoms with Crippen LogP contribution in [0.25, 0.3) is 0 Å². The van der Waals surface area contributed by atoms with Crippen LogP contribution in [0.4, 0.5) is 5.69 Å². The molecule has 1 N–H and O–H groups in total. The maximum atomic E-state index is 4.30. The first-order valence-corrected chi connectivity index (χ1v) is 7.77. The summed E-state index contributed by atoms with van der Waals surface area (Å²) >= 11 is 0. The number of hydrogen-bond acceptors (Lipinski definition) is 4. The summed E-state index contributed by atoms with van der Waals surface area (Å²) in [5, 5.41) is 3.49. The summed E-state index contributed by atoms with van der Waals surface area (Å²) < 4.78 is 0. The molecule has 0 radical (unpaired) electrons. The van der Waals surface area contributed by atoms with Crippen molar-refractivity contribution in [3.8, 4) is 0 Å². The standard InChI is InChI=1S/C16H28N4/c1-4-8-17-11-14-12-18-9-7-16(14)20-10-5-6-15(20)13-19(2)3/h7,9,12,15,17H,4-6,8,10-11,13H2,1-3H3. The van der Waals surface area contributed by atoms with Crippen molar-refractivity contribution in [1.82, 2.24) is 15.2 Å². The molecule has 1 atom stereocenters. The SMILES string of the molecule is CCCNCc1cnccc1N1CCCC1CN(C)C. The van der Waals surface area contributed by atoms with Crippen molar-refractivity contribution in [3.63, 3.8) is 0 Å². The van der Waals surface area contributed by atoms with E-state index in [0.717, 1.165) is 19.6 Å². The molecule has 2 rings (SSSR count). The number of anilines is 1. The Hall–Kier alpha value is -1.13. The van der Waals surface area contributed by atoms with Crippen LogP contribution in [0.15, 0.2) is 18.5 Å². The van der Waals surface area contributed by atoms with E-state index in [0.29, 0.717) is 6.04 Å². The first-order chi connectivity index (χ1) is 9.72. The highest BCUT2D eigenvalue weighted by atomic mass is 15.2. The van der Waals surface area contributed by atoms with E-state index in [1.165, 1.54) is 37.1 Å². The Bertz CT molecular complexity index is 405. The molecule has 20 heavy (non-hydrogen) atoms. The lowest BCUT2D eigenvalue weighted by atomic mass is 10.1. The summed E-state index contributed by atoms with van der Waals surface area (Å²) in [4.78, 5) is 9.17. The molecule has 1 aliphatic heterocycles. The van der Waals surface area contributed by atoms with Crippen LogP contribution in [0, 0.1) is 0 Å². The zero-order valence-corrected chi connectivity index (χ0v) is 13.1. The quantitative estimate of drug-likeness (QED) is 0.773. The molecule has 1 aromatic rings. The molecule has 0 spiro atoms. The van der Waals surface area contributed by atoms with Gasteiger partial charge in [0.2, 0.25) is 0 Å². The molecule has 1 saturated heterocycles. The number of nitrogens with one attached hydrogen (secondary N) is 1. The molecule has 112 valence electrons. The van der Waals surface area contributed by atoms with Crippen LogP contribution in [0.5, 0.6) is 0 Å². The Morgan fingerprint density at radius 3 is 3.05 bits per heavy atom. The lowest BCUT2D eigenvalue weighted by molar-refractivity contribution is 0.372. The zero-order valence-electron chi connectivity index (χ0n) is 13.1. The molecule has 0 bridgehead atoms. The molecular weight excluding hydrogens is 248 g/mol. The summed E-state index contributed by atoms with van der Waals surface area (Å²) in [6, 6.07) is 2.81. The summed E-state index contributed by atoms with van der Waals surface area (Å²) in [5.41, 5.74) is 2.69. The number of nitrogens with zero attached hydrogens (tertiary/aromatic N) is 3. The first kappa shape index (κ1) is 15.3. The largest absolute Gasteiger partial charge is 0.367 e. The summed E-state index contributed by atoms with van der Waals surface area (Å²) in [7, 11) is 4.32. The predicted molar refractivity (Wildman–Crippen MR) is 85.2 cm³/mol. The van der Waals surface area contributed by atoms with E-state index in [-0.39, 0.29) is 0 Å². The maximum Gasteiger partial charge on any atom is 0.0445 e. The fourth-order valence-electron chi connectivity index (χ4n) is 3.00. The van der Waals surface area contributed by atoms with Gasteiger partial charge in [-0.05, 0) is 46.0 Å². The Morgan fingerprint density at radius 1 is 1.45 bits per heavy atom. The summed E-state index contributed by atoms with van der Waals surface area (Å²) in [5.74, 6) is 0.